The predicted molar refractivity (Wildman–Crippen MR) is 77.9 cm³/mol. The van der Waals surface area contributed by atoms with Crippen molar-refractivity contribution >= 4 is 5.69 Å². The van der Waals surface area contributed by atoms with Crippen LogP contribution in [0.4, 0.5) is 5.69 Å². The molecule has 0 radical (unpaired) electrons. The second-order valence-corrected chi connectivity index (χ2v) is 4.73. The van der Waals surface area contributed by atoms with Gasteiger partial charge in [0, 0.05) is 6.07 Å². The monoisotopic (exact) mass is 257 g/mol. The second kappa shape index (κ2) is 5.65. The highest BCUT2D eigenvalue weighted by molar-refractivity contribution is 5.56. The molecule has 3 nitrogen and oxygen atoms in total. The van der Waals surface area contributed by atoms with Crippen molar-refractivity contribution in [3.8, 4) is 17.2 Å². The molecule has 100 valence electrons. The van der Waals surface area contributed by atoms with Gasteiger partial charge in [-0.2, -0.15) is 0 Å². The molecule has 2 aromatic rings. The first-order valence-electron chi connectivity index (χ1n) is 6.36. The molecule has 2 N–H and O–H groups in total. The van der Waals surface area contributed by atoms with Crippen molar-refractivity contribution in [3.63, 3.8) is 0 Å². The molecule has 0 heterocycles. The van der Waals surface area contributed by atoms with Crippen molar-refractivity contribution in [3.05, 3.63) is 48.0 Å². The van der Waals surface area contributed by atoms with Crippen LogP contribution in [0.25, 0.3) is 0 Å². The van der Waals surface area contributed by atoms with E-state index < -0.39 is 0 Å². The summed E-state index contributed by atoms with van der Waals surface area (Å²) in [5, 5.41) is 0. The largest absolute Gasteiger partial charge is 0.489 e. The number of anilines is 1. The predicted octanol–water partition coefficient (Wildman–Crippen LogP) is 4.16. The van der Waals surface area contributed by atoms with E-state index in [0.29, 0.717) is 11.4 Å². The Hall–Kier alpha value is -2.16. The van der Waals surface area contributed by atoms with Crippen molar-refractivity contribution in [2.75, 3.05) is 5.73 Å². The molecule has 0 aliphatic carbocycles. The molecule has 2 rings (SSSR count). The summed E-state index contributed by atoms with van der Waals surface area (Å²) < 4.78 is 11.5. The lowest BCUT2D eigenvalue weighted by atomic mass is 10.2. The standard InChI is InChI=1S/C16H19NO2/c1-11(2)18-16-10-13(8-9-14(16)17)19-15-7-5-4-6-12(15)3/h4-11H,17H2,1-3H3. The molecule has 0 saturated carbocycles. The first-order valence-corrected chi connectivity index (χ1v) is 6.36. The van der Waals surface area contributed by atoms with Gasteiger partial charge in [0.1, 0.15) is 17.2 Å². The van der Waals surface area contributed by atoms with Gasteiger partial charge in [-0.15, -0.1) is 0 Å². The van der Waals surface area contributed by atoms with Gasteiger partial charge in [-0.3, -0.25) is 0 Å². The van der Waals surface area contributed by atoms with Crippen LogP contribution >= 0.6 is 0 Å². The summed E-state index contributed by atoms with van der Waals surface area (Å²) in [5.41, 5.74) is 7.59. The Labute approximate surface area is 114 Å². The Bertz CT molecular complexity index is 564. The van der Waals surface area contributed by atoms with Gasteiger partial charge in [0.2, 0.25) is 0 Å². The number of para-hydroxylation sites is 1. The number of hydrogen-bond acceptors (Lipinski definition) is 3. The third-order valence-corrected chi connectivity index (χ3v) is 2.67. The summed E-state index contributed by atoms with van der Waals surface area (Å²) in [5.74, 6) is 2.21. The van der Waals surface area contributed by atoms with Crippen LogP contribution in [0.1, 0.15) is 19.4 Å². The van der Waals surface area contributed by atoms with Gasteiger partial charge in [0.15, 0.2) is 0 Å². The van der Waals surface area contributed by atoms with Gasteiger partial charge in [-0.1, -0.05) is 18.2 Å². The Morgan fingerprint density at radius 2 is 1.74 bits per heavy atom. The van der Waals surface area contributed by atoms with Gasteiger partial charge in [0.05, 0.1) is 11.8 Å². The minimum atomic E-state index is 0.0796. The van der Waals surface area contributed by atoms with Crippen LogP contribution in [0, 0.1) is 6.92 Å². The number of ether oxygens (including phenoxy) is 2. The highest BCUT2D eigenvalue weighted by atomic mass is 16.5. The molecule has 0 fully saturated rings. The van der Waals surface area contributed by atoms with Gasteiger partial charge >= 0.3 is 0 Å². The van der Waals surface area contributed by atoms with Crippen LogP contribution in [0.5, 0.6) is 17.2 Å². The number of hydrogen-bond donors (Lipinski definition) is 1. The topological polar surface area (TPSA) is 44.5 Å². The van der Waals surface area contributed by atoms with Crippen LogP contribution in [0.3, 0.4) is 0 Å². The lowest BCUT2D eigenvalue weighted by Gasteiger charge is -2.14. The van der Waals surface area contributed by atoms with E-state index in [1.807, 2.05) is 57.2 Å². The zero-order chi connectivity index (χ0) is 13.8. The average Bonchev–Trinajstić information content (AvgIpc) is 2.35. The highest BCUT2D eigenvalue weighted by Crippen LogP contribution is 2.31. The van der Waals surface area contributed by atoms with E-state index in [9.17, 15) is 0 Å². The molecular weight excluding hydrogens is 238 g/mol. The Morgan fingerprint density at radius 3 is 2.42 bits per heavy atom. The van der Waals surface area contributed by atoms with E-state index in [-0.39, 0.29) is 6.10 Å². The number of benzene rings is 2. The number of nitrogens with two attached hydrogens (primary N) is 1. The van der Waals surface area contributed by atoms with E-state index >= 15 is 0 Å². The summed E-state index contributed by atoms with van der Waals surface area (Å²) in [6.07, 6.45) is 0.0796. The van der Waals surface area contributed by atoms with Gasteiger partial charge in [0.25, 0.3) is 0 Å². The molecule has 0 unspecified atom stereocenters. The fraction of sp³-hybridized carbons (Fsp3) is 0.250. The summed E-state index contributed by atoms with van der Waals surface area (Å²) in [4.78, 5) is 0. The highest BCUT2D eigenvalue weighted by Gasteiger charge is 2.07. The lowest BCUT2D eigenvalue weighted by molar-refractivity contribution is 0.243. The van der Waals surface area contributed by atoms with Crippen LogP contribution in [0.2, 0.25) is 0 Å². The van der Waals surface area contributed by atoms with Gasteiger partial charge in [-0.25, -0.2) is 0 Å². The van der Waals surface area contributed by atoms with Crippen molar-refractivity contribution < 1.29 is 9.47 Å². The van der Waals surface area contributed by atoms with Crippen LogP contribution in [0.15, 0.2) is 42.5 Å². The molecule has 0 bridgehead atoms. The third kappa shape index (κ3) is 3.41. The molecule has 3 heteroatoms. The summed E-state index contributed by atoms with van der Waals surface area (Å²) >= 11 is 0. The summed E-state index contributed by atoms with van der Waals surface area (Å²) in [6, 6.07) is 13.3. The van der Waals surface area contributed by atoms with Gasteiger partial charge in [-0.05, 0) is 44.5 Å². The molecule has 0 aromatic heterocycles. The first-order chi connectivity index (χ1) is 9.06. The van der Waals surface area contributed by atoms with E-state index in [2.05, 4.69) is 0 Å². The van der Waals surface area contributed by atoms with Crippen LogP contribution in [-0.4, -0.2) is 6.10 Å². The number of nitrogen functional groups attached to an aromatic ring is 1. The molecule has 0 atom stereocenters. The van der Waals surface area contributed by atoms with Crippen molar-refractivity contribution in [1.82, 2.24) is 0 Å². The van der Waals surface area contributed by atoms with Crippen molar-refractivity contribution in [2.45, 2.75) is 26.9 Å². The van der Waals surface area contributed by atoms with E-state index in [1.54, 1.807) is 6.07 Å². The molecule has 0 amide bonds. The maximum atomic E-state index is 5.88. The van der Waals surface area contributed by atoms with E-state index in [0.717, 1.165) is 17.1 Å². The molecular formula is C16H19NO2. The van der Waals surface area contributed by atoms with E-state index in [4.69, 9.17) is 15.2 Å². The average molecular weight is 257 g/mol. The van der Waals surface area contributed by atoms with Gasteiger partial charge < -0.3 is 15.2 Å². The quantitative estimate of drug-likeness (QED) is 0.836. The smallest absolute Gasteiger partial charge is 0.146 e. The third-order valence-electron chi connectivity index (χ3n) is 2.67. The molecule has 0 aliphatic heterocycles. The molecule has 0 spiro atoms. The zero-order valence-electron chi connectivity index (χ0n) is 11.5. The first kappa shape index (κ1) is 13.3. The second-order valence-electron chi connectivity index (χ2n) is 4.73. The molecule has 2 aromatic carbocycles. The molecule has 19 heavy (non-hydrogen) atoms. The van der Waals surface area contributed by atoms with Crippen LogP contribution in [-0.2, 0) is 0 Å². The van der Waals surface area contributed by atoms with Crippen LogP contribution < -0.4 is 15.2 Å². The normalized spacial score (nSPS) is 10.5. The Kier molecular flexibility index (Phi) is 3.95. The molecule has 0 saturated heterocycles. The van der Waals surface area contributed by atoms with E-state index in [1.165, 1.54) is 0 Å². The maximum Gasteiger partial charge on any atom is 0.146 e. The zero-order valence-corrected chi connectivity index (χ0v) is 11.5. The van der Waals surface area contributed by atoms with Crippen molar-refractivity contribution in [2.24, 2.45) is 0 Å². The SMILES string of the molecule is Cc1ccccc1Oc1ccc(N)c(OC(C)C)c1. The Morgan fingerprint density at radius 1 is 1.00 bits per heavy atom. The number of rotatable bonds is 4. The minimum Gasteiger partial charge on any atom is -0.489 e. The van der Waals surface area contributed by atoms with Crippen molar-refractivity contribution in [1.29, 1.82) is 0 Å². The minimum absolute atomic E-state index is 0.0796. The summed E-state index contributed by atoms with van der Waals surface area (Å²) in [6.45, 7) is 5.95. The molecule has 0 aliphatic rings. The number of aryl methyl sites for hydroxylation is 1. The fourth-order valence-electron chi connectivity index (χ4n) is 1.73. The Balaban J connectivity index is 2.24. The maximum absolute atomic E-state index is 5.88. The fourth-order valence-corrected chi connectivity index (χ4v) is 1.73. The lowest BCUT2D eigenvalue weighted by Crippen LogP contribution is -2.07. The summed E-state index contributed by atoms with van der Waals surface area (Å²) in [7, 11) is 0.